The second kappa shape index (κ2) is 2.83. The minimum Gasteiger partial charge on any atom is -0.457 e. The van der Waals surface area contributed by atoms with Gasteiger partial charge in [0.2, 0.25) is 0 Å². The van der Waals surface area contributed by atoms with Crippen LogP contribution in [0.1, 0.15) is 21.5 Å². The number of ether oxygens (including phenoxy) is 1. The maximum atomic E-state index is 11.5. The Morgan fingerprint density at radius 2 is 2.13 bits per heavy atom. The van der Waals surface area contributed by atoms with Crippen molar-refractivity contribution in [3.8, 4) is 0 Å². The van der Waals surface area contributed by atoms with E-state index in [1.165, 1.54) is 5.56 Å². The largest absolute Gasteiger partial charge is 0.457 e. The second-order valence-electron chi connectivity index (χ2n) is 3.90. The van der Waals surface area contributed by atoms with Gasteiger partial charge in [-0.15, -0.1) is 0 Å². The van der Waals surface area contributed by atoms with E-state index in [2.05, 4.69) is 19.1 Å². The Morgan fingerprint density at radius 3 is 3.00 bits per heavy atom. The van der Waals surface area contributed by atoms with Crippen molar-refractivity contribution < 1.29 is 9.53 Å². The average molecular weight is 198 g/mol. The van der Waals surface area contributed by atoms with E-state index in [4.69, 9.17) is 4.74 Å². The van der Waals surface area contributed by atoms with E-state index in [9.17, 15) is 4.79 Å². The molecule has 0 unspecified atom stereocenters. The van der Waals surface area contributed by atoms with Gasteiger partial charge in [-0.3, -0.25) is 0 Å². The zero-order chi connectivity index (χ0) is 10.4. The van der Waals surface area contributed by atoms with Crippen molar-refractivity contribution >= 4 is 16.7 Å². The van der Waals surface area contributed by atoms with Gasteiger partial charge in [0.05, 0.1) is 5.56 Å². The molecule has 0 aromatic heterocycles. The van der Waals surface area contributed by atoms with Crippen LogP contribution >= 0.6 is 0 Å². The number of hydrogen-bond acceptors (Lipinski definition) is 2. The molecule has 0 N–H and O–H groups in total. The van der Waals surface area contributed by atoms with Crippen LogP contribution in [0.5, 0.6) is 0 Å². The number of rotatable bonds is 0. The van der Waals surface area contributed by atoms with Crippen molar-refractivity contribution in [2.45, 2.75) is 13.5 Å². The molecule has 0 saturated carbocycles. The van der Waals surface area contributed by atoms with Crippen LogP contribution in [0.4, 0.5) is 0 Å². The van der Waals surface area contributed by atoms with Crippen LogP contribution in [0.25, 0.3) is 10.8 Å². The van der Waals surface area contributed by atoms with Crippen LogP contribution in [0.15, 0.2) is 30.3 Å². The van der Waals surface area contributed by atoms with Gasteiger partial charge in [0.15, 0.2) is 0 Å². The maximum absolute atomic E-state index is 11.5. The van der Waals surface area contributed by atoms with Gasteiger partial charge in [0.1, 0.15) is 6.61 Å². The van der Waals surface area contributed by atoms with Crippen molar-refractivity contribution in [2.75, 3.05) is 0 Å². The van der Waals surface area contributed by atoms with Crippen molar-refractivity contribution in [3.05, 3.63) is 47.0 Å². The van der Waals surface area contributed by atoms with Crippen molar-refractivity contribution in [2.24, 2.45) is 0 Å². The van der Waals surface area contributed by atoms with Crippen LogP contribution in [0, 0.1) is 6.92 Å². The molecular formula is C13H10O2. The molecule has 2 aromatic rings. The number of carbonyl (C=O) groups is 1. The lowest BCUT2D eigenvalue weighted by Gasteiger charge is -2.17. The molecule has 0 atom stereocenters. The quantitative estimate of drug-likeness (QED) is 0.608. The lowest BCUT2D eigenvalue weighted by Crippen LogP contribution is -2.12. The molecule has 2 heteroatoms. The smallest absolute Gasteiger partial charge is 0.339 e. The van der Waals surface area contributed by atoms with E-state index in [-0.39, 0.29) is 5.97 Å². The summed E-state index contributed by atoms with van der Waals surface area (Å²) in [5, 5.41) is 2.18. The second-order valence-corrected chi connectivity index (χ2v) is 3.90. The van der Waals surface area contributed by atoms with E-state index >= 15 is 0 Å². The topological polar surface area (TPSA) is 26.3 Å². The molecule has 0 fully saturated rings. The first-order valence-electron chi connectivity index (χ1n) is 4.95. The van der Waals surface area contributed by atoms with Crippen molar-refractivity contribution in [1.82, 2.24) is 0 Å². The maximum Gasteiger partial charge on any atom is 0.339 e. The molecule has 0 spiro atoms. The predicted molar refractivity (Wildman–Crippen MR) is 57.8 cm³/mol. The zero-order valence-corrected chi connectivity index (χ0v) is 8.41. The zero-order valence-electron chi connectivity index (χ0n) is 8.41. The molecule has 0 amide bonds. The Morgan fingerprint density at radius 1 is 1.27 bits per heavy atom. The fraction of sp³-hybridized carbons (Fsp3) is 0.154. The average Bonchev–Trinajstić information content (AvgIpc) is 2.23. The Labute approximate surface area is 87.5 Å². The van der Waals surface area contributed by atoms with Crippen molar-refractivity contribution in [3.63, 3.8) is 0 Å². The highest BCUT2D eigenvalue weighted by molar-refractivity contribution is 6.07. The molecule has 15 heavy (non-hydrogen) atoms. The molecule has 3 rings (SSSR count). The molecule has 74 valence electrons. The minimum atomic E-state index is -0.211. The summed E-state index contributed by atoms with van der Waals surface area (Å²) in [7, 11) is 0. The summed E-state index contributed by atoms with van der Waals surface area (Å²) in [5.41, 5.74) is 3.00. The van der Waals surface area contributed by atoms with E-state index in [1.807, 2.05) is 18.2 Å². The number of benzene rings is 2. The molecule has 2 aromatic carbocycles. The van der Waals surface area contributed by atoms with E-state index < -0.39 is 0 Å². The summed E-state index contributed by atoms with van der Waals surface area (Å²) in [6.45, 7) is 2.45. The molecule has 1 aliphatic rings. The number of aryl methyl sites for hydroxylation is 1. The van der Waals surface area contributed by atoms with Crippen molar-refractivity contribution in [1.29, 1.82) is 0 Å². The fourth-order valence-corrected chi connectivity index (χ4v) is 2.19. The summed E-state index contributed by atoms with van der Waals surface area (Å²) in [6, 6.07) is 9.93. The first kappa shape index (κ1) is 8.48. The van der Waals surface area contributed by atoms with Crippen LogP contribution in [-0.4, -0.2) is 5.97 Å². The van der Waals surface area contributed by atoms with Crippen LogP contribution in [0.2, 0.25) is 0 Å². The monoisotopic (exact) mass is 198 g/mol. The standard InChI is InChI=1S/C13H10O2/c1-8-5-9-3-2-4-11-12(9)10(6-8)7-15-13(11)14/h2-6H,7H2,1H3. The van der Waals surface area contributed by atoms with Gasteiger partial charge in [0.25, 0.3) is 0 Å². The van der Waals surface area contributed by atoms with Gasteiger partial charge >= 0.3 is 5.97 Å². The van der Waals surface area contributed by atoms with Crippen LogP contribution < -0.4 is 0 Å². The van der Waals surface area contributed by atoms with E-state index in [0.717, 1.165) is 16.3 Å². The van der Waals surface area contributed by atoms with E-state index in [0.29, 0.717) is 12.2 Å². The fourth-order valence-electron chi connectivity index (χ4n) is 2.19. The molecule has 0 aliphatic carbocycles. The minimum absolute atomic E-state index is 0.211. The number of carbonyl (C=O) groups excluding carboxylic acids is 1. The number of hydrogen-bond donors (Lipinski definition) is 0. The SMILES string of the molecule is Cc1cc2c3c(cccc3c1)C(=O)OC2. The van der Waals surface area contributed by atoms with Crippen LogP contribution in [0.3, 0.4) is 0 Å². The molecule has 0 bridgehead atoms. The summed E-state index contributed by atoms with van der Waals surface area (Å²) in [6.07, 6.45) is 0. The van der Waals surface area contributed by atoms with Gasteiger partial charge in [0, 0.05) is 5.39 Å². The molecule has 2 nitrogen and oxygen atoms in total. The van der Waals surface area contributed by atoms with Gasteiger partial charge in [-0.2, -0.15) is 0 Å². The first-order chi connectivity index (χ1) is 7.25. The number of cyclic esters (lactones) is 1. The number of esters is 1. The molecule has 1 aliphatic heterocycles. The Hall–Kier alpha value is -1.83. The molecule has 0 saturated heterocycles. The molecule has 1 heterocycles. The predicted octanol–water partition coefficient (Wildman–Crippen LogP) is 2.82. The van der Waals surface area contributed by atoms with Gasteiger partial charge in [-0.1, -0.05) is 29.8 Å². The lowest BCUT2D eigenvalue weighted by molar-refractivity contribution is 0.0463. The highest BCUT2D eigenvalue weighted by atomic mass is 16.5. The normalized spacial score (nSPS) is 14.1. The van der Waals surface area contributed by atoms with Crippen LogP contribution in [-0.2, 0) is 11.3 Å². The Bertz CT molecular complexity index is 570. The lowest BCUT2D eigenvalue weighted by atomic mass is 9.96. The first-order valence-corrected chi connectivity index (χ1v) is 4.95. The Kier molecular flexibility index (Phi) is 1.60. The highest BCUT2D eigenvalue weighted by Gasteiger charge is 2.19. The summed E-state index contributed by atoms with van der Waals surface area (Å²) >= 11 is 0. The van der Waals surface area contributed by atoms with E-state index in [1.54, 1.807) is 0 Å². The summed E-state index contributed by atoms with van der Waals surface area (Å²) < 4.78 is 5.11. The summed E-state index contributed by atoms with van der Waals surface area (Å²) in [4.78, 5) is 11.5. The van der Waals surface area contributed by atoms with Gasteiger partial charge in [-0.05, 0) is 23.9 Å². The Balaban J connectivity index is 2.50. The van der Waals surface area contributed by atoms with Gasteiger partial charge < -0.3 is 4.74 Å². The van der Waals surface area contributed by atoms with Gasteiger partial charge in [-0.25, -0.2) is 4.79 Å². The third-order valence-electron chi connectivity index (χ3n) is 2.78. The highest BCUT2D eigenvalue weighted by Crippen LogP contribution is 2.29. The third kappa shape index (κ3) is 1.14. The third-order valence-corrected chi connectivity index (χ3v) is 2.78. The molecular weight excluding hydrogens is 188 g/mol. The summed E-state index contributed by atoms with van der Waals surface area (Å²) in [5.74, 6) is -0.211. The molecule has 0 radical (unpaired) electrons.